The predicted octanol–water partition coefficient (Wildman–Crippen LogP) is 5.93. The molecule has 3 N–H and O–H groups in total. The topological polar surface area (TPSA) is 78.8 Å². The van der Waals surface area contributed by atoms with Gasteiger partial charge in [-0.1, -0.05) is 37.3 Å². The molecule has 2 atom stereocenters. The number of β-amino-alcohol motifs (C(OH)–C–C–N with tert-alkyl or cyclic N) is 1. The monoisotopic (exact) mass is 513 g/mol. The van der Waals surface area contributed by atoms with Gasteiger partial charge in [-0.3, -0.25) is 4.79 Å². The Labute approximate surface area is 221 Å². The zero-order chi connectivity index (χ0) is 27.0. The van der Waals surface area contributed by atoms with Crippen LogP contribution in [0, 0.1) is 18.7 Å². The minimum absolute atomic E-state index is 0.110. The van der Waals surface area contributed by atoms with Gasteiger partial charge in [-0.05, 0) is 106 Å². The van der Waals surface area contributed by atoms with Crippen LogP contribution in [-0.4, -0.2) is 41.0 Å². The van der Waals surface area contributed by atoms with Crippen molar-refractivity contribution in [3.05, 3.63) is 70.0 Å². The Balaban J connectivity index is 1.51. The number of benzene rings is 2. The number of carbonyl (C=O) groups is 1. The summed E-state index contributed by atoms with van der Waals surface area (Å²) < 4.78 is 20.6. The number of carboxylic acid groups (broad SMARTS) is 1. The Hall–Kier alpha value is -2.28. The molecule has 0 fully saturated rings. The minimum atomic E-state index is -0.801. The molecule has 0 radical (unpaired) electrons. The van der Waals surface area contributed by atoms with Gasteiger partial charge in [0.05, 0.1) is 18.8 Å². The van der Waals surface area contributed by atoms with Crippen molar-refractivity contribution in [1.29, 1.82) is 0 Å². The van der Waals surface area contributed by atoms with Crippen LogP contribution in [-0.2, 0) is 28.8 Å². The fourth-order valence-electron chi connectivity index (χ4n) is 5.56. The van der Waals surface area contributed by atoms with Crippen LogP contribution in [0.15, 0.2) is 36.4 Å². The van der Waals surface area contributed by atoms with Gasteiger partial charge in [0.25, 0.3) is 0 Å². The van der Waals surface area contributed by atoms with Crippen LogP contribution in [0.5, 0.6) is 0 Å². The van der Waals surface area contributed by atoms with Crippen LogP contribution in [0.4, 0.5) is 4.39 Å². The van der Waals surface area contributed by atoms with Gasteiger partial charge in [0.2, 0.25) is 0 Å². The van der Waals surface area contributed by atoms with E-state index in [2.05, 4.69) is 43.4 Å². The van der Waals surface area contributed by atoms with Gasteiger partial charge in [-0.2, -0.15) is 0 Å². The second-order valence-corrected chi connectivity index (χ2v) is 11.3. The van der Waals surface area contributed by atoms with Crippen LogP contribution in [0.25, 0.3) is 0 Å². The van der Waals surface area contributed by atoms with Gasteiger partial charge in [-0.15, -0.1) is 0 Å². The molecule has 1 unspecified atom stereocenters. The highest BCUT2D eigenvalue weighted by Crippen LogP contribution is 2.32. The summed E-state index contributed by atoms with van der Waals surface area (Å²) in [6, 6.07) is 12.1. The molecule has 0 amide bonds. The van der Waals surface area contributed by atoms with E-state index < -0.39 is 12.1 Å². The Morgan fingerprint density at radius 3 is 2.49 bits per heavy atom. The zero-order valence-corrected chi connectivity index (χ0v) is 22.9. The maximum Gasteiger partial charge on any atom is 0.303 e. The van der Waals surface area contributed by atoms with E-state index in [1.54, 1.807) is 13.0 Å². The highest BCUT2D eigenvalue weighted by Gasteiger charge is 2.28. The summed E-state index contributed by atoms with van der Waals surface area (Å²) in [7, 11) is 0. The Kier molecular flexibility index (Phi) is 10.7. The van der Waals surface area contributed by atoms with Crippen LogP contribution < -0.4 is 5.32 Å². The molecule has 0 saturated carbocycles. The van der Waals surface area contributed by atoms with Crippen molar-refractivity contribution < 1.29 is 24.1 Å². The molecule has 0 heterocycles. The number of hydrogen-bond acceptors (Lipinski definition) is 4. The first-order valence-corrected chi connectivity index (χ1v) is 13.7. The van der Waals surface area contributed by atoms with Crippen molar-refractivity contribution in [2.45, 2.75) is 96.8 Å². The summed E-state index contributed by atoms with van der Waals surface area (Å²) in [6.45, 7) is 8.68. The molecule has 0 aromatic heterocycles. The summed E-state index contributed by atoms with van der Waals surface area (Å²) in [4.78, 5) is 10.8. The van der Waals surface area contributed by atoms with Gasteiger partial charge in [0, 0.05) is 18.5 Å². The first kappa shape index (κ1) is 29.3. The first-order chi connectivity index (χ1) is 17.6. The molecule has 0 bridgehead atoms. The van der Waals surface area contributed by atoms with E-state index in [0.717, 1.165) is 30.4 Å². The number of aliphatic carboxylic acids is 1. The number of rotatable bonds is 15. The number of aliphatic hydroxyl groups excluding tert-OH is 1. The normalized spacial score (nSPS) is 15.5. The van der Waals surface area contributed by atoms with Crippen LogP contribution in [0.1, 0.15) is 86.8 Å². The smallest absolute Gasteiger partial charge is 0.303 e. The lowest BCUT2D eigenvalue weighted by Gasteiger charge is -2.31. The van der Waals surface area contributed by atoms with E-state index in [0.29, 0.717) is 43.7 Å². The average Bonchev–Trinajstić information content (AvgIpc) is 3.24. The maximum atomic E-state index is 14.5. The van der Waals surface area contributed by atoms with Crippen molar-refractivity contribution >= 4 is 5.97 Å². The predicted molar refractivity (Wildman–Crippen MR) is 145 cm³/mol. The maximum absolute atomic E-state index is 14.5. The first-order valence-electron chi connectivity index (χ1n) is 13.7. The van der Waals surface area contributed by atoms with Crippen LogP contribution in [0.3, 0.4) is 0 Å². The summed E-state index contributed by atoms with van der Waals surface area (Å²) >= 11 is 0. The fraction of sp³-hybridized carbons (Fsp3) is 0.581. The third kappa shape index (κ3) is 8.91. The third-order valence-corrected chi connectivity index (χ3v) is 7.47. The summed E-state index contributed by atoms with van der Waals surface area (Å²) in [5, 5.41) is 23.1. The van der Waals surface area contributed by atoms with E-state index in [1.165, 1.54) is 11.1 Å². The Morgan fingerprint density at radius 2 is 1.86 bits per heavy atom. The molecule has 6 heteroatoms. The number of aliphatic hydroxyl groups is 1. The number of carboxylic acids is 1. The van der Waals surface area contributed by atoms with E-state index in [1.807, 2.05) is 13.0 Å². The molecule has 37 heavy (non-hydrogen) atoms. The lowest BCUT2D eigenvalue weighted by atomic mass is 9.88. The summed E-state index contributed by atoms with van der Waals surface area (Å²) in [5.74, 6) is -0.475. The largest absolute Gasteiger partial charge is 0.481 e. The molecule has 5 nitrogen and oxygen atoms in total. The van der Waals surface area contributed by atoms with Crippen molar-refractivity contribution in [3.63, 3.8) is 0 Å². The molecule has 1 aliphatic rings. The lowest BCUT2D eigenvalue weighted by Crippen LogP contribution is -2.45. The van der Waals surface area contributed by atoms with Crippen molar-refractivity contribution in [3.8, 4) is 0 Å². The number of nitrogens with one attached hydrogen (secondary N) is 1. The highest BCUT2D eigenvalue weighted by atomic mass is 19.1. The lowest BCUT2D eigenvalue weighted by molar-refractivity contribution is -0.137. The molecule has 204 valence electrons. The highest BCUT2D eigenvalue weighted by molar-refractivity contribution is 5.66. The summed E-state index contributed by atoms with van der Waals surface area (Å²) in [5.41, 5.74) is 5.15. The third-order valence-electron chi connectivity index (χ3n) is 7.47. The van der Waals surface area contributed by atoms with Gasteiger partial charge in [-0.25, -0.2) is 4.39 Å². The SMILES string of the molecule is CC[C@@H](OCC(O)CNC(C)(C)CC1Cc2ccccc2C1)c1cc(F)c(C)cc1CCCCC(=O)O. The standard InChI is InChI=1S/C31H44FNO4/c1-5-29(27-17-28(32)21(2)14-25(27)12-8-9-13-30(35)36)37-20-26(34)19-33-31(3,4)18-22-15-23-10-6-7-11-24(23)16-22/h6-7,10-11,14,17,22,26,29,33-34H,5,8-9,12-13,15-16,18-20H2,1-4H3,(H,35,36)/t26?,29-/m1/s1. The molecule has 2 aromatic carbocycles. The Morgan fingerprint density at radius 1 is 1.19 bits per heavy atom. The number of hydrogen-bond donors (Lipinski definition) is 3. The molecule has 0 aliphatic heterocycles. The number of halogens is 1. The fourth-order valence-corrected chi connectivity index (χ4v) is 5.56. The van der Waals surface area contributed by atoms with Crippen molar-refractivity contribution in [1.82, 2.24) is 5.32 Å². The molecule has 0 saturated heterocycles. The number of ether oxygens (including phenoxy) is 1. The van der Waals surface area contributed by atoms with Crippen LogP contribution in [0.2, 0.25) is 0 Å². The van der Waals surface area contributed by atoms with Gasteiger partial charge >= 0.3 is 5.97 Å². The quantitative estimate of drug-likeness (QED) is 0.257. The summed E-state index contributed by atoms with van der Waals surface area (Å²) in [6.07, 6.45) is 4.99. The second-order valence-electron chi connectivity index (χ2n) is 11.3. The zero-order valence-electron chi connectivity index (χ0n) is 22.9. The molecule has 3 rings (SSSR count). The molecular formula is C31H44FNO4. The number of fused-ring (bicyclic) bond motifs is 1. The van der Waals surface area contributed by atoms with Gasteiger partial charge in [0.1, 0.15) is 5.82 Å². The molecule has 2 aromatic rings. The van der Waals surface area contributed by atoms with Crippen molar-refractivity contribution in [2.24, 2.45) is 5.92 Å². The van der Waals surface area contributed by atoms with E-state index in [4.69, 9.17) is 9.84 Å². The number of unbranched alkanes of at least 4 members (excludes halogenated alkanes) is 1. The van der Waals surface area contributed by atoms with Crippen LogP contribution >= 0.6 is 0 Å². The second kappa shape index (κ2) is 13.5. The van der Waals surface area contributed by atoms with E-state index in [-0.39, 0.29) is 30.5 Å². The van der Waals surface area contributed by atoms with Gasteiger partial charge < -0.3 is 20.3 Å². The van der Waals surface area contributed by atoms with Gasteiger partial charge in [0.15, 0.2) is 0 Å². The molecule has 1 aliphatic carbocycles. The van der Waals surface area contributed by atoms with E-state index >= 15 is 0 Å². The molecular weight excluding hydrogens is 469 g/mol. The number of aryl methyl sites for hydroxylation is 2. The van der Waals surface area contributed by atoms with Crippen molar-refractivity contribution in [2.75, 3.05) is 13.2 Å². The average molecular weight is 514 g/mol. The van der Waals surface area contributed by atoms with E-state index in [9.17, 15) is 14.3 Å². The minimum Gasteiger partial charge on any atom is -0.481 e. The molecule has 0 spiro atoms. The Bertz CT molecular complexity index is 1010.